The predicted octanol–water partition coefficient (Wildman–Crippen LogP) is 5.41. The molecular weight excluding hydrogens is 334 g/mol. The van der Waals surface area contributed by atoms with Crippen molar-refractivity contribution in [1.82, 2.24) is 0 Å². The molecule has 0 heterocycles. The van der Waals surface area contributed by atoms with Crippen molar-refractivity contribution in [3.63, 3.8) is 0 Å². The van der Waals surface area contributed by atoms with E-state index < -0.39 is 0 Å². The summed E-state index contributed by atoms with van der Waals surface area (Å²) in [5.74, 6) is 1.53. The quantitative estimate of drug-likeness (QED) is 0.549. The van der Waals surface area contributed by atoms with E-state index in [9.17, 15) is 0 Å². The molecule has 1 N–H and O–H groups in total. The Kier molecular flexibility index (Phi) is 6.18. The molecule has 3 rings (SSSR count). The lowest BCUT2D eigenvalue weighted by atomic mass is 10.2. The number of halogens is 1. The SMILES string of the molecule is Clc1ccccc1OCCNc1cccc(OCc2ccccc2)c1. The van der Waals surface area contributed by atoms with Gasteiger partial charge in [-0.05, 0) is 29.8 Å². The zero-order valence-corrected chi connectivity index (χ0v) is 14.6. The van der Waals surface area contributed by atoms with Crippen molar-refractivity contribution in [2.24, 2.45) is 0 Å². The third kappa shape index (κ3) is 5.44. The topological polar surface area (TPSA) is 30.5 Å². The molecule has 0 aliphatic carbocycles. The molecule has 25 heavy (non-hydrogen) atoms. The van der Waals surface area contributed by atoms with Crippen LogP contribution in [0.1, 0.15) is 5.56 Å². The second kappa shape index (κ2) is 9.00. The molecule has 128 valence electrons. The van der Waals surface area contributed by atoms with Gasteiger partial charge in [-0.2, -0.15) is 0 Å². The van der Waals surface area contributed by atoms with Gasteiger partial charge in [-0.25, -0.2) is 0 Å². The first-order chi connectivity index (χ1) is 12.3. The molecular formula is C21H20ClNO2. The number of ether oxygens (including phenoxy) is 2. The molecule has 0 saturated carbocycles. The molecule has 0 spiro atoms. The summed E-state index contributed by atoms with van der Waals surface area (Å²) in [6.07, 6.45) is 0. The van der Waals surface area contributed by atoms with Crippen LogP contribution in [-0.2, 0) is 6.61 Å². The maximum atomic E-state index is 6.06. The third-order valence-corrected chi connectivity index (χ3v) is 3.92. The van der Waals surface area contributed by atoms with Gasteiger partial charge < -0.3 is 14.8 Å². The number of benzene rings is 3. The second-order valence-corrected chi connectivity index (χ2v) is 5.91. The minimum atomic E-state index is 0.527. The Bertz CT molecular complexity index is 793. The van der Waals surface area contributed by atoms with Crippen LogP contribution >= 0.6 is 11.6 Å². The molecule has 0 fully saturated rings. The van der Waals surface area contributed by atoms with Crippen LogP contribution in [0, 0.1) is 0 Å². The van der Waals surface area contributed by atoms with Crippen molar-refractivity contribution in [3.8, 4) is 11.5 Å². The molecule has 0 aromatic heterocycles. The van der Waals surface area contributed by atoms with Crippen LogP contribution < -0.4 is 14.8 Å². The Labute approximate surface area is 153 Å². The molecule has 0 bridgehead atoms. The highest BCUT2D eigenvalue weighted by Gasteiger charge is 2.00. The largest absolute Gasteiger partial charge is 0.490 e. The predicted molar refractivity (Wildman–Crippen MR) is 103 cm³/mol. The molecule has 0 aliphatic heterocycles. The highest BCUT2D eigenvalue weighted by Crippen LogP contribution is 2.23. The summed E-state index contributed by atoms with van der Waals surface area (Å²) in [4.78, 5) is 0. The van der Waals surface area contributed by atoms with Crippen LogP contribution in [0.25, 0.3) is 0 Å². The van der Waals surface area contributed by atoms with Crippen molar-refractivity contribution >= 4 is 17.3 Å². The van der Waals surface area contributed by atoms with E-state index in [1.165, 1.54) is 0 Å². The summed E-state index contributed by atoms with van der Waals surface area (Å²) in [6.45, 7) is 1.76. The van der Waals surface area contributed by atoms with Crippen molar-refractivity contribution in [2.45, 2.75) is 6.61 Å². The molecule has 0 saturated heterocycles. The fourth-order valence-corrected chi connectivity index (χ4v) is 2.55. The molecule has 0 unspecified atom stereocenters. The molecule has 0 atom stereocenters. The lowest BCUT2D eigenvalue weighted by molar-refractivity contribution is 0.306. The van der Waals surface area contributed by atoms with E-state index in [-0.39, 0.29) is 0 Å². The van der Waals surface area contributed by atoms with Crippen molar-refractivity contribution in [2.75, 3.05) is 18.5 Å². The van der Waals surface area contributed by atoms with Gasteiger partial charge in [0.25, 0.3) is 0 Å². The van der Waals surface area contributed by atoms with Crippen LogP contribution in [0.15, 0.2) is 78.9 Å². The van der Waals surface area contributed by atoms with Crippen LogP contribution in [0.5, 0.6) is 11.5 Å². The summed E-state index contributed by atoms with van der Waals surface area (Å²) in [6, 6.07) is 25.5. The Balaban J connectivity index is 1.46. The number of hydrogen-bond donors (Lipinski definition) is 1. The van der Waals surface area contributed by atoms with E-state index in [1.54, 1.807) is 0 Å². The fraction of sp³-hybridized carbons (Fsp3) is 0.143. The molecule has 0 aliphatic rings. The van der Waals surface area contributed by atoms with Gasteiger partial charge in [0.2, 0.25) is 0 Å². The molecule has 3 aromatic carbocycles. The summed E-state index contributed by atoms with van der Waals surface area (Å²) in [5, 5.41) is 3.95. The van der Waals surface area contributed by atoms with Crippen LogP contribution in [0.4, 0.5) is 5.69 Å². The van der Waals surface area contributed by atoms with Gasteiger partial charge in [0.05, 0.1) is 5.02 Å². The van der Waals surface area contributed by atoms with Crippen molar-refractivity contribution in [1.29, 1.82) is 0 Å². The molecule has 3 nitrogen and oxygen atoms in total. The van der Waals surface area contributed by atoms with E-state index >= 15 is 0 Å². The average Bonchev–Trinajstić information content (AvgIpc) is 2.66. The minimum absolute atomic E-state index is 0.527. The van der Waals surface area contributed by atoms with Gasteiger partial charge in [-0.3, -0.25) is 0 Å². The van der Waals surface area contributed by atoms with Gasteiger partial charge >= 0.3 is 0 Å². The van der Waals surface area contributed by atoms with Gasteiger partial charge in [0.1, 0.15) is 24.7 Å². The minimum Gasteiger partial charge on any atom is -0.490 e. The molecule has 0 radical (unpaired) electrons. The van der Waals surface area contributed by atoms with Gasteiger partial charge in [0, 0.05) is 18.3 Å². The van der Waals surface area contributed by atoms with Crippen LogP contribution in [-0.4, -0.2) is 13.2 Å². The highest BCUT2D eigenvalue weighted by atomic mass is 35.5. The maximum Gasteiger partial charge on any atom is 0.137 e. The summed E-state index contributed by atoms with van der Waals surface area (Å²) < 4.78 is 11.5. The Morgan fingerprint density at radius 1 is 0.800 bits per heavy atom. The Morgan fingerprint density at radius 2 is 1.60 bits per heavy atom. The number of rotatable bonds is 8. The number of hydrogen-bond acceptors (Lipinski definition) is 3. The van der Waals surface area contributed by atoms with E-state index in [1.807, 2.05) is 78.9 Å². The third-order valence-electron chi connectivity index (χ3n) is 3.61. The molecule has 4 heteroatoms. The Morgan fingerprint density at radius 3 is 2.44 bits per heavy atom. The van der Waals surface area contributed by atoms with Gasteiger partial charge in [-0.15, -0.1) is 0 Å². The van der Waals surface area contributed by atoms with E-state index in [4.69, 9.17) is 21.1 Å². The fourth-order valence-electron chi connectivity index (χ4n) is 2.35. The first-order valence-electron chi connectivity index (χ1n) is 8.19. The Hall–Kier alpha value is -2.65. The van der Waals surface area contributed by atoms with Crippen molar-refractivity contribution < 1.29 is 9.47 Å². The number of anilines is 1. The monoisotopic (exact) mass is 353 g/mol. The summed E-state index contributed by atoms with van der Waals surface area (Å²) in [7, 11) is 0. The van der Waals surface area contributed by atoms with Crippen LogP contribution in [0.2, 0.25) is 5.02 Å². The first-order valence-corrected chi connectivity index (χ1v) is 8.57. The van der Waals surface area contributed by atoms with Gasteiger partial charge in [-0.1, -0.05) is 60.1 Å². The second-order valence-electron chi connectivity index (χ2n) is 5.51. The zero-order valence-electron chi connectivity index (χ0n) is 13.8. The average molecular weight is 354 g/mol. The van der Waals surface area contributed by atoms with Crippen molar-refractivity contribution in [3.05, 3.63) is 89.4 Å². The number of para-hydroxylation sites is 1. The van der Waals surface area contributed by atoms with Crippen LogP contribution in [0.3, 0.4) is 0 Å². The lowest BCUT2D eigenvalue weighted by Crippen LogP contribution is -2.11. The molecule has 0 amide bonds. The van der Waals surface area contributed by atoms with E-state index in [0.29, 0.717) is 30.5 Å². The summed E-state index contributed by atoms with van der Waals surface area (Å²) >= 11 is 6.06. The standard InChI is InChI=1S/C21H20ClNO2/c22-20-11-4-5-12-21(20)24-14-13-23-18-9-6-10-19(15-18)25-16-17-7-2-1-3-8-17/h1-12,15,23H,13-14,16H2. The number of nitrogens with one attached hydrogen (secondary N) is 1. The molecule has 3 aromatic rings. The highest BCUT2D eigenvalue weighted by molar-refractivity contribution is 6.32. The zero-order chi connectivity index (χ0) is 17.3. The van der Waals surface area contributed by atoms with E-state index in [2.05, 4.69) is 5.32 Å². The first kappa shape index (κ1) is 17.2. The maximum absolute atomic E-state index is 6.06. The lowest BCUT2D eigenvalue weighted by Gasteiger charge is -2.11. The summed E-state index contributed by atoms with van der Waals surface area (Å²) in [5.41, 5.74) is 2.14. The van der Waals surface area contributed by atoms with Gasteiger partial charge in [0.15, 0.2) is 0 Å². The normalized spacial score (nSPS) is 10.3. The van der Waals surface area contributed by atoms with E-state index in [0.717, 1.165) is 17.0 Å². The smallest absolute Gasteiger partial charge is 0.137 e.